The Balaban J connectivity index is 2.87. The number of nitrogens with zero attached hydrogens (tertiary/aromatic N) is 2. The normalized spacial score (nSPS) is 9.69. The number of rotatable bonds is 4. The highest BCUT2D eigenvalue weighted by Crippen LogP contribution is 2.22. The van der Waals surface area contributed by atoms with Crippen molar-refractivity contribution in [2.24, 2.45) is 0 Å². The van der Waals surface area contributed by atoms with Gasteiger partial charge in [-0.2, -0.15) is 0 Å². The first-order valence-electron chi connectivity index (χ1n) is 4.99. The highest BCUT2D eigenvalue weighted by atomic mass is 16.6. The van der Waals surface area contributed by atoms with Crippen molar-refractivity contribution in [1.82, 2.24) is 4.98 Å². The van der Waals surface area contributed by atoms with Crippen LogP contribution in [0.3, 0.4) is 0 Å². The van der Waals surface area contributed by atoms with Crippen LogP contribution in [0.5, 0.6) is 0 Å². The molecule has 0 unspecified atom stereocenters. The molecule has 16 heavy (non-hydrogen) atoms. The molecule has 0 amide bonds. The third kappa shape index (κ3) is 3.34. The molecule has 0 aliphatic heterocycles. The fraction of sp³-hybridized carbons (Fsp3) is 0.364. The molecule has 0 radical (unpaired) electrons. The van der Waals surface area contributed by atoms with Gasteiger partial charge >= 0.3 is 5.69 Å². The molecular formula is C11H15N3O2. The number of hydrogen-bond acceptors (Lipinski definition) is 4. The third-order valence-corrected chi connectivity index (χ3v) is 1.98. The van der Waals surface area contributed by atoms with Gasteiger partial charge in [0.25, 0.3) is 0 Å². The van der Waals surface area contributed by atoms with E-state index in [9.17, 15) is 10.1 Å². The first-order chi connectivity index (χ1) is 7.50. The van der Waals surface area contributed by atoms with Crippen molar-refractivity contribution in [2.75, 3.05) is 11.9 Å². The van der Waals surface area contributed by atoms with Gasteiger partial charge in [0.15, 0.2) is 0 Å². The lowest BCUT2D eigenvalue weighted by atomic mass is 10.3. The average molecular weight is 221 g/mol. The molecule has 5 nitrogen and oxygen atoms in total. The molecular weight excluding hydrogens is 206 g/mol. The van der Waals surface area contributed by atoms with E-state index in [4.69, 9.17) is 0 Å². The zero-order valence-electron chi connectivity index (χ0n) is 9.65. The Labute approximate surface area is 94.4 Å². The summed E-state index contributed by atoms with van der Waals surface area (Å²) in [5, 5.41) is 13.7. The van der Waals surface area contributed by atoms with Crippen LogP contribution < -0.4 is 5.32 Å². The molecule has 0 saturated carbocycles. The van der Waals surface area contributed by atoms with Gasteiger partial charge in [-0.1, -0.05) is 11.6 Å². The highest BCUT2D eigenvalue weighted by molar-refractivity contribution is 5.56. The molecule has 0 spiro atoms. The van der Waals surface area contributed by atoms with Crippen molar-refractivity contribution in [2.45, 2.75) is 20.8 Å². The summed E-state index contributed by atoms with van der Waals surface area (Å²) in [7, 11) is 0. The van der Waals surface area contributed by atoms with E-state index in [1.807, 2.05) is 19.9 Å². The first-order valence-corrected chi connectivity index (χ1v) is 4.99. The van der Waals surface area contributed by atoms with Crippen LogP contribution in [0.25, 0.3) is 0 Å². The van der Waals surface area contributed by atoms with Crippen LogP contribution in [0, 0.1) is 17.0 Å². The van der Waals surface area contributed by atoms with Crippen LogP contribution in [0.1, 0.15) is 19.4 Å². The van der Waals surface area contributed by atoms with E-state index in [-0.39, 0.29) is 5.69 Å². The predicted molar refractivity (Wildman–Crippen MR) is 63.5 cm³/mol. The summed E-state index contributed by atoms with van der Waals surface area (Å²) in [4.78, 5) is 14.4. The lowest BCUT2D eigenvalue weighted by molar-refractivity contribution is -0.384. The Morgan fingerprint density at radius 1 is 1.62 bits per heavy atom. The second-order valence-corrected chi connectivity index (χ2v) is 3.80. The van der Waals surface area contributed by atoms with E-state index >= 15 is 0 Å². The summed E-state index contributed by atoms with van der Waals surface area (Å²) in [6.07, 6.45) is 3.56. The van der Waals surface area contributed by atoms with E-state index in [0.717, 1.165) is 11.1 Å². The van der Waals surface area contributed by atoms with Crippen LogP contribution >= 0.6 is 0 Å². The monoisotopic (exact) mass is 221 g/mol. The maximum absolute atomic E-state index is 10.8. The summed E-state index contributed by atoms with van der Waals surface area (Å²) >= 11 is 0. The summed E-state index contributed by atoms with van der Waals surface area (Å²) in [6, 6.07) is 1.51. The Morgan fingerprint density at radius 3 is 2.88 bits per heavy atom. The van der Waals surface area contributed by atoms with E-state index in [1.165, 1.54) is 6.07 Å². The molecule has 1 heterocycles. The second kappa shape index (κ2) is 5.25. The summed E-state index contributed by atoms with van der Waals surface area (Å²) in [5.74, 6) is 0.313. The van der Waals surface area contributed by atoms with Gasteiger partial charge in [-0.15, -0.1) is 0 Å². The molecule has 5 heteroatoms. The molecule has 0 aromatic carbocycles. The number of pyridine rings is 1. The molecule has 0 fully saturated rings. The molecule has 0 aliphatic rings. The predicted octanol–water partition coefficient (Wildman–Crippen LogP) is 2.68. The minimum Gasteiger partial charge on any atom is -0.361 e. The lowest BCUT2D eigenvalue weighted by Crippen LogP contribution is -2.05. The molecule has 1 aromatic rings. The van der Waals surface area contributed by atoms with Crippen molar-refractivity contribution in [3.05, 3.63) is 39.6 Å². The van der Waals surface area contributed by atoms with Crippen LogP contribution in [0.15, 0.2) is 23.9 Å². The largest absolute Gasteiger partial charge is 0.361 e. The van der Waals surface area contributed by atoms with Gasteiger partial charge in [0.05, 0.1) is 4.92 Å². The topological polar surface area (TPSA) is 68.1 Å². The average Bonchev–Trinajstić information content (AvgIpc) is 2.19. The van der Waals surface area contributed by atoms with E-state index < -0.39 is 4.92 Å². The third-order valence-electron chi connectivity index (χ3n) is 1.98. The van der Waals surface area contributed by atoms with Crippen molar-refractivity contribution in [3.8, 4) is 0 Å². The fourth-order valence-electron chi connectivity index (χ4n) is 1.18. The maximum atomic E-state index is 10.8. The minimum atomic E-state index is -0.426. The number of allylic oxidation sites excluding steroid dienone is 1. The second-order valence-electron chi connectivity index (χ2n) is 3.80. The first kappa shape index (κ1) is 12.2. The fourth-order valence-corrected chi connectivity index (χ4v) is 1.18. The number of anilines is 1. The van der Waals surface area contributed by atoms with Crippen molar-refractivity contribution in [1.29, 1.82) is 0 Å². The lowest BCUT2D eigenvalue weighted by Gasteiger charge is -2.04. The van der Waals surface area contributed by atoms with Gasteiger partial charge in [0.1, 0.15) is 0 Å². The van der Waals surface area contributed by atoms with Gasteiger partial charge in [0, 0.05) is 18.8 Å². The minimum absolute atomic E-state index is 0.0159. The van der Waals surface area contributed by atoms with Crippen molar-refractivity contribution >= 4 is 11.5 Å². The standard InChI is InChI=1S/C11H15N3O2/c1-8(2)4-5-12-11-10(14(15)16)6-9(3)7-13-11/h4,6-7H,5H2,1-3H3,(H,12,13). The SMILES string of the molecule is CC(C)=CCNc1ncc(C)cc1[N+](=O)[O-]. The quantitative estimate of drug-likeness (QED) is 0.482. The number of hydrogen-bond donors (Lipinski definition) is 1. The number of nitro groups is 1. The van der Waals surface area contributed by atoms with Gasteiger partial charge in [0.2, 0.25) is 5.82 Å². The molecule has 1 aromatic heterocycles. The molecule has 1 N–H and O–H groups in total. The zero-order chi connectivity index (χ0) is 12.1. The van der Waals surface area contributed by atoms with Crippen molar-refractivity contribution in [3.63, 3.8) is 0 Å². The Hall–Kier alpha value is -1.91. The summed E-state index contributed by atoms with van der Waals surface area (Å²) in [5.41, 5.74) is 1.95. The molecule has 0 bridgehead atoms. The van der Waals surface area contributed by atoms with Crippen LogP contribution in [-0.4, -0.2) is 16.5 Å². The van der Waals surface area contributed by atoms with E-state index in [1.54, 1.807) is 13.1 Å². The smallest absolute Gasteiger partial charge is 0.311 e. The number of aryl methyl sites for hydroxylation is 1. The van der Waals surface area contributed by atoms with Gasteiger partial charge in [-0.05, 0) is 26.3 Å². The molecule has 0 atom stereocenters. The number of aromatic nitrogens is 1. The number of nitrogens with one attached hydrogen (secondary N) is 1. The summed E-state index contributed by atoms with van der Waals surface area (Å²) < 4.78 is 0. The molecule has 0 aliphatic carbocycles. The Bertz CT molecular complexity index is 423. The van der Waals surface area contributed by atoms with E-state index in [2.05, 4.69) is 10.3 Å². The molecule has 1 rings (SSSR count). The van der Waals surface area contributed by atoms with Crippen LogP contribution in [0.2, 0.25) is 0 Å². The van der Waals surface area contributed by atoms with Crippen LogP contribution in [-0.2, 0) is 0 Å². The Morgan fingerprint density at radius 2 is 2.31 bits per heavy atom. The van der Waals surface area contributed by atoms with E-state index in [0.29, 0.717) is 12.4 Å². The zero-order valence-corrected chi connectivity index (χ0v) is 9.65. The Kier molecular flexibility index (Phi) is 3.99. The van der Waals surface area contributed by atoms with Crippen molar-refractivity contribution < 1.29 is 4.92 Å². The van der Waals surface area contributed by atoms with Gasteiger partial charge in [-0.25, -0.2) is 4.98 Å². The molecule has 86 valence electrons. The maximum Gasteiger partial charge on any atom is 0.311 e. The van der Waals surface area contributed by atoms with Crippen LogP contribution in [0.4, 0.5) is 11.5 Å². The molecule has 0 saturated heterocycles. The van der Waals surface area contributed by atoms with Gasteiger partial charge in [-0.3, -0.25) is 10.1 Å². The van der Waals surface area contributed by atoms with Gasteiger partial charge < -0.3 is 5.32 Å². The summed E-state index contributed by atoms with van der Waals surface area (Å²) in [6.45, 7) is 6.26. The highest BCUT2D eigenvalue weighted by Gasteiger charge is 2.14.